The van der Waals surface area contributed by atoms with Crippen LogP contribution in [0.5, 0.6) is 5.75 Å². The first-order valence-electron chi connectivity index (χ1n) is 8.33. The zero-order chi connectivity index (χ0) is 18.3. The molecule has 2 heterocycles. The second-order valence-corrected chi connectivity index (χ2v) is 6.39. The van der Waals surface area contributed by atoms with E-state index < -0.39 is 12.1 Å². The second-order valence-electron chi connectivity index (χ2n) is 6.39. The van der Waals surface area contributed by atoms with Crippen LogP contribution in [0.4, 0.5) is 5.69 Å². The third kappa shape index (κ3) is 2.61. The van der Waals surface area contributed by atoms with Crippen molar-refractivity contribution >= 4 is 17.5 Å². The number of nitrogens with zero attached hydrogens (tertiary/aromatic N) is 4. The SMILES string of the molecule is COc1ccc(CN2N=N[C@H]3C(=O)N(c4ccc(C)cc4)C(=O)[C@@H]32)cc1. The molecule has 7 nitrogen and oxygen atoms in total. The zero-order valence-electron chi connectivity index (χ0n) is 14.5. The summed E-state index contributed by atoms with van der Waals surface area (Å²) in [6, 6.07) is 13.3. The fourth-order valence-electron chi connectivity index (χ4n) is 3.22. The highest BCUT2D eigenvalue weighted by atomic mass is 16.5. The smallest absolute Gasteiger partial charge is 0.263 e. The second kappa shape index (κ2) is 6.25. The van der Waals surface area contributed by atoms with E-state index in [4.69, 9.17) is 4.74 Å². The standard InChI is InChI=1S/C19H18N4O3/c1-12-3-7-14(8-4-12)23-18(24)16-17(19(23)25)22(21-20-16)11-13-5-9-15(26-2)10-6-13/h3-10,16-17H,11H2,1-2H3/t16-,17-/m1/s1. The molecule has 0 aliphatic carbocycles. The minimum atomic E-state index is -0.776. The molecule has 1 fully saturated rings. The lowest BCUT2D eigenvalue weighted by molar-refractivity contribution is -0.123. The molecule has 7 heteroatoms. The first-order valence-corrected chi connectivity index (χ1v) is 8.33. The van der Waals surface area contributed by atoms with E-state index in [9.17, 15) is 9.59 Å². The largest absolute Gasteiger partial charge is 0.497 e. The summed E-state index contributed by atoms with van der Waals surface area (Å²) in [6.45, 7) is 2.35. The van der Waals surface area contributed by atoms with Gasteiger partial charge in [0.05, 0.1) is 19.3 Å². The summed E-state index contributed by atoms with van der Waals surface area (Å²) in [5.41, 5.74) is 2.59. The highest BCUT2D eigenvalue weighted by molar-refractivity contribution is 6.25. The van der Waals surface area contributed by atoms with Gasteiger partial charge in [0.25, 0.3) is 11.8 Å². The number of hydrogen-bond acceptors (Lipinski definition) is 6. The molecule has 2 aromatic rings. The van der Waals surface area contributed by atoms with Crippen LogP contribution in [0.3, 0.4) is 0 Å². The van der Waals surface area contributed by atoms with Gasteiger partial charge in [-0.25, -0.2) is 4.90 Å². The van der Waals surface area contributed by atoms with Gasteiger partial charge in [0.15, 0.2) is 12.1 Å². The predicted molar refractivity (Wildman–Crippen MR) is 94.6 cm³/mol. The predicted octanol–water partition coefficient (Wildman–Crippen LogP) is 2.50. The molecule has 132 valence electrons. The van der Waals surface area contributed by atoms with Crippen LogP contribution in [-0.4, -0.2) is 36.0 Å². The maximum atomic E-state index is 12.9. The fraction of sp³-hybridized carbons (Fsp3) is 0.263. The Kier molecular flexibility index (Phi) is 3.91. The summed E-state index contributed by atoms with van der Waals surface area (Å²) in [6.07, 6.45) is 0. The van der Waals surface area contributed by atoms with Crippen molar-refractivity contribution in [1.29, 1.82) is 0 Å². The van der Waals surface area contributed by atoms with Crippen molar-refractivity contribution in [3.63, 3.8) is 0 Å². The van der Waals surface area contributed by atoms with Crippen LogP contribution in [0, 0.1) is 6.92 Å². The molecule has 0 spiro atoms. The van der Waals surface area contributed by atoms with Gasteiger partial charge in [0.1, 0.15) is 5.75 Å². The van der Waals surface area contributed by atoms with Crippen molar-refractivity contribution in [2.75, 3.05) is 12.0 Å². The molecule has 0 unspecified atom stereocenters. The van der Waals surface area contributed by atoms with Crippen LogP contribution >= 0.6 is 0 Å². The quantitative estimate of drug-likeness (QED) is 0.794. The molecule has 2 aliphatic heterocycles. The Labute approximate surface area is 150 Å². The molecule has 26 heavy (non-hydrogen) atoms. The highest BCUT2D eigenvalue weighted by Crippen LogP contribution is 2.32. The Morgan fingerprint density at radius 1 is 1.00 bits per heavy atom. The fourth-order valence-corrected chi connectivity index (χ4v) is 3.22. The molecule has 2 aromatic carbocycles. The molecule has 1 saturated heterocycles. The lowest BCUT2D eigenvalue weighted by atomic mass is 10.1. The minimum Gasteiger partial charge on any atom is -0.497 e. The molecule has 0 N–H and O–H groups in total. The van der Waals surface area contributed by atoms with Gasteiger partial charge in [-0.15, -0.1) is 0 Å². The number of aryl methyl sites for hydroxylation is 1. The first-order chi connectivity index (χ1) is 12.6. The summed E-state index contributed by atoms with van der Waals surface area (Å²) < 4.78 is 5.15. The van der Waals surface area contributed by atoms with E-state index in [-0.39, 0.29) is 11.8 Å². The number of fused-ring (bicyclic) bond motifs is 1. The van der Waals surface area contributed by atoms with E-state index in [1.165, 1.54) is 4.90 Å². The molecule has 2 aliphatic rings. The number of benzene rings is 2. The molecular formula is C19H18N4O3. The van der Waals surface area contributed by atoms with E-state index >= 15 is 0 Å². The third-order valence-electron chi connectivity index (χ3n) is 4.65. The molecule has 2 atom stereocenters. The average molecular weight is 350 g/mol. The van der Waals surface area contributed by atoms with E-state index in [0.717, 1.165) is 16.9 Å². The zero-order valence-corrected chi connectivity index (χ0v) is 14.5. The Balaban J connectivity index is 1.56. The third-order valence-corrected chi connectivity index (χ3v) is 4.65. The highest BCUT2D eigenvalue weighted by Gasteiger charge is 2.54. The average Bonchev–Trinajstić information content (AvgIpc) is 3.17. The minimum absolute atomic E-state index is 0.289. The number of ether oxygens (including phenoxy) is 1. The topological polar surface area (TPSA) is 74.6 Å². The van der Waals surface area contributed by atoms with Gasteiger partial charge in [-0.1, -0.05) is 35.1 Å². The maximum Gasteiger partial charge on any atom is 0.263 e. The lowest BCUT2D eigenvalue weighted by Gasteiger charge is -2.20. The van der Waals surface area contributed by atoms with Crippen LogP contribution in [0.2, 0.25) is 0 Å². The van der Waals surface area contributed by atoms with Crippen LogP contribution < -0.4 is 9.64 Å². The number of hydrogen-bond donors (Lipinski definition) is 0. The van der Waals surface area contributed by atoms with Gasteiger partial charge in [-0.2, -0.15) is 5.11 Å². The van der Waals surface area contributed by atoms with E-state index in [1.807, 2.05) is 43.3 Å². The molecule has 0 saturated carbocycles. The summed E-state index contributed by atoms with van der Waals surface area (Å²) in [4.78, 5) is 26.8. The van der Waals surface area contributed by atoms with Crippen molar-refractivity contribution < 1.29 is 14.3 Å². The van der Waals surface area contributed by atoms with Gasteiger partial charge in [-0.05, 0) is 36.8 Å². The van der Waals surface area contributed by atoms with E-state index in [2.05, 4.69) is 10.3 Å². The Hall–Kier alpha value is -3.22. The maximum absolute atomic E-state index is 12.9. The van der Waals surface area contributed by atoms with Crippen LogP contribution in [0.15, 0.2) is 58.9 Å². The van der Waals surface area contributed by atoms with Crippen molar-refractivity contribution in [1.82, 2.24) is 5.01 Å². The Bertz CT molecular complexity index is 877. The van der Waals surface area contributed by atoms with Gasteiger partial charge in [0, 0.05) is 0 Å². The molecular weight excluding hydrogens is 332 g/mol. The molecule has 0 radical (unpaired) electrons. The Morgan fingerprint density at radius 2 is 1.69 bits per heavy atom. The number of amides is 2. The summed E-state index contributed by atoms with van der Waals surface area (Å²) in [7, 11) is 1.61. The van der Waals surface area contributed by atoms with Crippen LogP contribution in [0.25, 0.3) is 0 Å². The molecule has 0 aromatic heterocycles. The molecule has 2 amide bonds. The van der Waals surface area contributed by atoms with Gasteiger partial charge in [-0.3, -0.25) is 14.6 Å². The number of methoxy groups -OCH3 is 1. The first kappa shape index (κ1) is 16.3. The summed E-state index contributed by atoms with van der Waals surface area (Å²) >= 11 is 0. The summed E-state index contributed by atoms with van der Waals surface area (Å²) in [5.74, 6) is 0.138. The van der Waals surface area contributed by atoms with Gasteiger partial charge >= 0.3 is 0 Å². The number of imide groups is 1. The van der Waals surface area contributed by atoms with Crippen molar-refractivity contribution in [3.8, 4) is 5.75 Å². The number of carbonyl (C=O) groups excluding carboxylic acids is 2. The summed E-state index contributed by atoms with van der Waals surface area (Å²) in [5, 5.41) is 9.69. The molecule has 0 bridgehead atoms. The lowest BCUT2D eigenvalue weighted by Crippen LogP contribution is -2.39. The Morgan fingerprint density at radius 3 is 2.35 bits per heavy atom. The number of rotatable bonds is 4. The van der Waals surface area contributed by atoms with Crippen LogP contribution in [-0.2, 0) is 16.1 Å². The van der Waals surface area contributed by atoms with Crippen LogP contribution in [0.1, 0.15) is 11.1 Å². The molecule has 4 rings (SSSR count). The van der Waals surface area contributed by atoms with Crippen molar-refractivity contribution in [2.45, 2.75) is 25.6 Å². The van der Waals surface area contributed by atoms with E-state index in [1.54, 1.807) is 24.3 Å². The van der Waals surface area contributed by atoms with Gasteiger partial charge < -0.3 is 4.74 Å². The van der Waals surface area contributed by atoms with Gasteiger partial charge in [0.2, 0.25) is 0 Å². The van der Waals surface area contributed by atoms with E-state index in [0.29, 0.717) is 12.2 Å². The van der Waals surface area contributed by atoms with Crippen molar-refractivity contribution in [3.05, 3.63) is 59.7 Å². The normalized spacial score (nSPS) is 21.5. The monoisotopic (exact) mass is 350 g/mol. The van der Waals surface area contributed by atoms with Crippen molar-refractivity contribution in [2.24, 2.45) is 10.3 Å². The number of anilines is 1. The number of carbonyl (C=O) groups is 2.